The molecular weight excluding hydrogens is 761 g/mol. The molecule has 0 atom stereocenters. The smallest absolute Gasteiger partial charge is 0.148 e. The van der Waals surface area contributed by atoms with Gasteiger partial charge in [-0.15, -0.1) is 0 Å². The van der Waals surface area contributed by atoms with Crippen molar-refractivity contribution in [2.75, 3.05) is 9.80 Å². The van der Waals surface area contributed by atoms with Crippen LogP contribution in [0.2, 0.25) is 0 Å². The molecule has 0 saturated carbocycles. The predicted octanol–water partition coefficient (Wildman–Crippen LogP) is 13.5. The molecule has 0 amide bonds. The number of rotatable bonds is 21. The minimum atomic E-state index is -0.226. The molecule has 0 heterocycles. The van der Waals surface area contributed by atoms with Gasteiger partial charge in [0.2, 0.25) is 0 Å². The zero-order valence-electron chi connectivity index (χ0n) is 35.4. The summed E-state index contributed by atoms with van der Waals surface area (Å²) in [7, 11) is 0. The van der Waals surface area contributed by atoms with E-state index < -0.39 is 0 Å². The minimum absolute atomic E-state index is 0.0394. The number of para-hydroxylation sites is 2. The molecule has 5 rings (SSSR count). The monoisotopic (exact) mass is 810 g/mol. The van der Waals surface area contributed by atoms with Crippen molar-refractivity contribution in [1.82, 2.24) is 0 Å². The second-order valence-corrected chi connectivity index (χ2v) is 15.1. The topological polar surface area (TPSA) is 149 Å². The number of unbranched alkanes of at least 4 members (excludes halogenated alkanes) is 9. The fourth-order valence-corrected chi connectivity index (χ4v) is 7.59. The van der Waals surface area contributed by atoms with Crippen LogP contribution in [0.4, 0.5) is 22.7 Å². The Morgan fingerprint density at radius 2 is 0.790 bits per heavy atom. The maximum Gasteiger partial charge on any atom is 0.148 e. The van der Waals surface area contributed by atoms with Crippen molar-refractivity contribution in [2.24, 2.45) is 0 Å². The van der Waals surface area contributed by atoms with Crippen LogP contribution >= 0.6 is 0 Å². The second-order valence-electron chi connectivity index (χ2n) is 15.1. The van der Waals surface area contributed by atoms with Gasteiger partial charge in [0.25, 0.3) is 0 Å². The van der Waals surface area contributed by atoms with Crippen LogP contribution in [0.3, 0.4) is 0 Å². The normalized spacial score (nSPS) is 10.1. The number of hydrogen-bond acceptors (Lipinski definition) is 8. The minimum Gasteiger partial charge on any atom is -0.337 e. The summed E-state index contributed by atoms with van der Waals surface area (Å²) in [6, 6.07) is 53.3. The summed E-state index contributed by atoms with van der Waals surface area (Å²) in [4.78, 5) is 4.45. The first-order chi connectivity index (χ1) is 30.5. The van der Waals surface area contributed by atoms with E-state index in [1.165, 1.54) is 63.4 Å². The average molecular weight is 811 g/mol. The van der Waals surface area contributed by atoms with Crippen molar-refractivity contribution in [2.45, 2.75) is 90.6 Å². The van der Waals surface area contributed by atoms with E-state index in [0.29, 0.717) is 24.2 Å². The summed E-state index contributed by atoms with van der Waals surface area (Å²) in [6.07, 6.45) is 13.7. The molecule has 0 aromatic heterocycles. The molecule has 0 unspecified atom stereocenters. The van der Waals surface area contributed by atoms with Crippen molar-refractivity contribution in [3.63, 3.8) is 0 Å². The van der Waals surface area contributed by atoms with Gasteiger partial charge in [-0.2, -0.15) is 31.6 Å². The lowest BCUT2D eigenvalue weighted by molar-refractivity contribution is 0.556. The first kappa shape index (κ1) is 45.2. The highest BCUT2D eigenvalue weighted by atomic mass is 15.1. The van der Waals surface area contributed by atoms with E-state index in [0.717, 1.165) is 46.7 Å². The van der Waals surface area contributed by atoms with Crippen LogP contribution in [0, 0.1) is 68.0 Å². The lowest BCUT2D eigenvalue weighted by Crippen LogP contribution is -2.21. The van der Waals surface area contributed by atoms with Gasteiger partial charge in [-0.05, 0) is 89.2 Å². The highest BCUT2D eigenvalue weighted by molar-refractivity contribution is 5.86. The first-order valence-electron chi connectivity index (χ1n) is 21.3. The highest BCUT2D eigenvalue weighted by Crippen LogP contribution is 2.34. The Bertz CT molecular complexity index is 2530. The Morgan fingerprint density at radius 1 is 0.403 bits per heavy atom. The molecule has 8 nitrogen and oxygen atoms in total. The van der Waals surface area contributed by atoms with E-state index >= 15 is 0 Å². The summed E-state index contributed by atoms with van der Waals surface area (Å²) in [5.41, 5.74) is 7.84. The zero-order chi connectivity index (χ0) is 43.9. The molecule has 0 saturated heterocycles. The number of nitriles is 6. The quantitative estimate of drug-likeness (QED) is 0.0525. The molecule has 0 N–H and O–H groups in total. The summed E-state index contributed by atoms with van der Waals surface area (Å²) in [5.74, 6) is 0. The summed E-state index contributed by atoms with van der Waals surface area (Å²) >= 11 is 0. The Labute approximate surface area is 367 Å². The number of anilines is 4. The van der Waals surface area contributed by atoms with E-state index in [4.69, 9.17) is 0 Å². The molecule has 0 aliphatic rings. The Balaban J connectivity index is 1.52. The van der Waals surface area contributed by atoms with E-state index in [-0.39, 0.29) is 22.3 Å². The number of allylic oxidation sites excluding steroid dienone is 4. The molecule has 8 heteroatoms. The SMILES string of the molecule is CCCCCCCCCCCCc1ccc(CN(c2ccccc2)c2ccc(C(C#N)=C(C#N)C#N)cc2)c(CN(c2ccccc2)c2ccc(C(C#N)=C(C#N)C#N)cc2)c1. The zero-order valence-corrected chi connectivity index (χ0v) is 35.4. The number of hydrogen-bond donors (Lipinski definition) is 0. The maximum absolute atomic E-state index is 9.84. The van der Waals surface area contributed by atoms with E-state index in [1.54, 1.807) is 24.3 Å². The third-order valence-electron chi connectivity index (χ3n) is 11.0. The van der Waals surface area contributed by atoms with Gasteiger partial charge in [-0.3, -0.25) is 0 Å². The van der Waals surface area contributed by atoms with Gasteiger partial charge in [0.1, 0.15) is 47.6 Å². The van der Waals surface area contributed by atoms with Crippen molar-refractivity contribution >= 4 is 33.9 Å². The largest absolute Gasteiger partial charge is 0.337 e. The van der Waals surface area contributed by atoms with Crippen LogP contribution in [-0.2, 0) is 19.5 Å². The molecule has 0 radical (unpaired) electrons. The predicted molar refractivity (Wildman–Crippen MR) is 247 cm³/mol. The van der Waals surface area contributed by atoms with Gasteiger partial charge in [0.05, 0.1) is 11.1 Å². The standard InChI is InChI=1S/C54H50N8/c1-2-3-4-5-6-7-8-9-10-13-18-42-23-24-45(40-61(49-19-14-11-15-20-49)51-29-25-43(26-30-51)53(38-59)47(34-55)35-56)46(33-42)41-62(50-21-16-12-17-22-50)52-31-27-44(28-32-52)54(39-60)48(36-57)37-58/h11-12,14-17,19-33H,2-10,13,18,40-41H2,1H3. The van der Waals surface area contributed by atoms with Gasteiger partial charge in [0, 0.05) is 35.8 Å². The van der Waals surface area contributed by atoms with Gasteiger partial charge < -0.3 is 9.80 Å². The molecule has 0 bridgehead atoms. The van der Waals surface area contributed by atoms with E-state index in [1.807, 2.05) is 97.1 Å². The number of benzene rings is 5. The molecule has 5 aromatic rings. The van der Waals surface area contributed by atoms with Crippen molar-refractivity contribution in [3.8, 4) is 36.4 Å². The molecule has 306 valence electrons. The van der Waals surface area contributed by atoms with Gasteiger partial charge in [-0.1, -0.05) is 144 Å². The lowest BCUT2D eigenvalue weighted by Gasteiger charge is -2.30. The molecule has 5 aromatic carbocycles. The average Bonchev–Trinajstić information content (AvgIpc) is 3.32. The van der Waals surface area contributed by atoms with Crippen molar-refractivity contribution in [3.05, 3.63) is 166 Å². The van der Waals surface area contributed by atoms with Crippen molar-refractivity contribution < 1.29 is 0 Å². The number of nitrogens with zero attached hydrogens (tertiary/aromatic N) is 8. The number of aryl methyl sites for hydroxylation is 1. The fraction of sp³-hybridized carbons (Fsp3) is 0.259. The van der Waals surface area contributed by atoms with Crippen LogP contribution in [0.1, 0.15) is 98.9 Å². The van der Waals surface area contributed by atoms with Crippen LogP contribution in [0.5, 0.6) is 0 Å². The summed E-state index contributed by atoms with van der Waals surface area (Å²) < 4.78 is 0. The first-order valence-corrected chi connectivity index (χ1v) is 21.3. The van der Waals surface area contributed by atoms with Crippen LogP contribution in [-0.4, -0.2) is 0 Å². The Morgan fingerprint density at radius 3 is 1.19 bits per heavy atom. The van der Waals surface area contributed by atoms with Crippen molar-refractivity contribution in [1.29, 1.82) is 31.6 Å². The Hall–Kier alpha value is -7.88. The lowest BCUT2D eigenvalue weighted by atomic mass is 9.97. The third-order valence-corrected chi connectivity index (χ3v) is 11.0. The molecule has 62 heavy (non-hydrogen) atoms. The van der Waals surface area contributed by atoms with Gasteiger partial charge in [-0.25, -0.2) is 0 Å². The van der Waals surface area contributed by atoms with Crippen LogP contribution in [0.25, 0.3) is 11.1 Å². The van der Waals surface area contributed by atoms with Crippen LogP contribution < -0.4 is 9.80 Å². The van der Waals surface area contributed by atoms with Gasteiger partial charge in [0.15, 0.2) is 0 Å². The molecule has 0 fully saturated rings. The Kier molecular flexibility index (Phi) is 17.7. The van der Waals surface area contributed by atoms with E-state index in [9.17, 15) is 31.6 Å². The fourth-order valence-electron chi connectivity index (χ4n) is 7.59. The summed E-state index contributed by atoms with van der Waals surface area (Å²) in [5, 5.41) is 57.6. The second kappa shape index (κ2) is 24.3. The van der Waals surface area contributed by atoms with Crippen LogP contribution in [0.15, 0.2) is 139 Å². The molecule has 0 aliphatic carbocycles. The van der Waals surface area contributed by atoms with E-state index in [2.05, 4.69) is 59.2 Å². The molecular formula is C54H50N8. The maximum atomic E-state index is 9.84. The molecule has 0 aliphatic heterocycles. The highest BCUT2D eigenvalue weighted by Gasteiger charge is 2.19. The van der Waals surface area contributed by atoms with Gasteiger partial charge >= 0.3 is 0 Å². The summed E-state index contributed by atoms with van der Waals surface area (Å²) in [6.45, 7) is 3.30. The molecule has 0 spiro atoms. The third kappa shape index (κ3) is 12.3.